The Labute approximate surface area is 125 Å². The van der Waals surface area contributed by atoms with Gasteiger partial charge in [0.05, 0.1) is 0 Å². The molecule has 1 aromatic rings. The van der Waals surface area contributed by atoms with E-state index in [1.165, 1.54) is 0 Å². The average molecular weight is 289 g/mol. The Morgan fingerprint density at radius 1 is 1.19 bits per heavy atom. The summed E-state index contributed by atoms with van der Waals surface area (Å²) in [4.78, 5) is 25.7. The van der Waals surface area contributed by atoms with Crippen molar-refractivity contribution in [3.05, 3.63) is 35.9 Å². The molecule has 1 saturated heterocycles. The minimum Gasteiger partial charge on any atom is -0.349 e. The largest absolute Gasteiger partial charge is 0.349 e. The van der Waals surface area contributed by atoms with Gasteiger partial charge in [-0.3, -0.25) is 4.79 Å². The van der Waals surface area contributed by atoms with E-state index in [0.29, 0.717) is 25.2 Å². The summed E-state index contributed by atoms with van der Waals surface area (Å²) in [5.74, 6) is -0.0375. The number of rotatable bonds is 4. The van der Waals surface area contributed by atoms with Gasteiger partial charge in [0.2, 0.25) is 0 Å². The quantitative estimate of drug-likeness (QED) is 0.890. The standard InChI is InChI=1S/C16H23N3O2/c1-2-10-17-16(21)19-11-8-14(9-12-19)18-15(20)13-6-4-3-5-7-13/h3-7,14H,2,8-12H2,1H3,(H,17,21)(H,18,20). The van der Waals surface area contributed by atoms with E-state index >= 15 is 0 Å². The number of urea groups is 1. The number of nitrogens with one attached hydrogen (secondary N) is 2. The molecular weight excluding hydrogens is 266 g/mol. The van der Waals surface area contributed by atoms with Crippen LogP contribution < -0.4 is 10.6 Å². The Bertz CT molecular complexity index is 468. The van der Waals surface area contributed by atoms with Crippen molar-refractivity contribution in [2.24, 2.45) is 0 Å². The second-order valence-corrected chi connectivity index (χ2v) is 5.33. The van der Waals surface area contributed by atoms with E-state index in [1.54, 1.807) is 0 Å². The van der Waals surface area contributed by atoms with Crippen LogP contribution in [-0.4, -0.2) is 42.5 Å². The highest BCUT2D eigenvalue weighted by Gasteiger charge is 2.23. The third-order valence-corrected chi connectivity index (χ3v) is 3.68. The van der Waals surface area contributed by atoms with Crippen LogP contribution in [0.5, 0.6) is 0 Å². The third kappa shape index (κ3) is 4.48. The summed E-state index contributed by atoms with van der Waals surface area (Å²) < 4.78 is 0. The topological polar surface area (TPSA) is 61.4 Å². The first-order valence-corrected chi connectivity index (χ1v) is 7.59. The van der Waals surface area contributed by atoms with Gasteiger partial charge in [-0.15, -0.1) is 0 Å². The molecule has 1 aliphatic rings. The maximum atomic E-state index is 12.1. The Hall–Kier alpha value is -2.04. The fraction of sp³-hybridized carbons (Fsp3) is 0.500. The molecule has 1 aromatic carbocycles. The smallest absolute Gasteiger partial charge is 0.317 e. The maximum absolute atomic E-state index is 12.1. The van der Waals surface area contributed by atoms with Gasteiger partial charge in [-0.1, -0.05) is 25.1 Å². The zero-order chi connectivity index (χ0) is 15.1. The Morgan fingerprint density at radius 2 is 1.86 bits per heavy atom. The van der Waals surface area contributed by atoms with Crippen LogP contribution in [0.1, 0.15) is 36.5 Å². The number of hydrogen-bond acceptors (Lipinski definition) is 2. The predicted molar refractivity (Wildman–Crippen MR) is 82.2 cm³/mol. The van der Waals surface area contributed by atoms with Gasteiger partial charge in [0, 0.05) is 31.2 Å². The van der Waals surface area contributed by atoms with E-state index in [0.717, 1.165) is 19.3 Å². The lowest BCUT2D eigenvalue weighted by atomic mass is 10.0. The van der Waals surface area contributed by atoms with Gasteiger partial charge in [-0.25, -0.2) is 4.79 Å². The lowest BCUT2D eigenvalue weighted by Crippen LogP contribution is -2.49. The van der Waals surface area contributed by atoms with Crippen LogP contribution in [0.4, 0.5) is 4.79 Å². The first-order chi connectivity index (χ1) is 10.2. The zero-order valence-corrected chi connectivity index (χ0v) is 12.5. The predicted octanol–water partition coefficient (Wildman–Crippen LogP) is 2.00. The summed E-state index contributed by atoms with van der Waals surface area (Å²) >= 11 is 0. The molecule has 21 heavy (non-hydrogen) atoms. The number of carbonyl (C=O) groups is 2. The van der Waals surface area contributed by atoms with Gasteiger partial charge in [0.1, 0.15) is 0 Å². The summed E-state index contributed by atoms with van der Waals surface area (Å²) in [5.41, 5.74) is 0.681. The number of benzene rings is 1. The van der Waals surface area contributed by atoms with Crippen molar-refractivity contribution in [1.29, 1.82) is 0 Å². The highest BCUT2D eigenvalue weighted by molar-refractivity contribution is 5.94. The van der Waals surface area contributed by atoms with Crippen molar-refractivity contribution in [2.75, 3.05) is 19.6 Å². The molecule has 1 fully saturated rings. The summed E-state index contributed by atoms with van der Waals surface area (Å²) in [7, 11) is 0. The van der Waals surface area contributed by atoms with Crippen LogP contribution in [0.25, 0.3) is 0 Å². The fourth-order valence-electron chi connectivity index (χ4n) is 2.43. The fourth-order valence-corrected chi connectivity index (χ4v) is 2.43. The average Bonchev–Trinajstić information content (AvgIpc) is 2.54. The van der Waals surface area contributed by atoms with Gasteiger partial charge in [0.25, 0.3) is 5.91 Å². The van der Waals surface area contributed by atoms with Crippen molar-refractivity contribution in [2.45, 2.75) is 32.2 Å². The summed E-state index contributed by atoms with van der Waals surface area (Å²) in [5, 5.41) is 5.92. The van der Waals surface area contributed by atoms with Crippen LogP contribution in [-0.2, 0) is 0 Å². The number of carbonyl (C=O) groups excluding carboxylic acids is 2. The SMILES string of the molecule is CCCNC(=O)N1CCC(NC(=O)c2ccccc2)CC1. The van der Waals surface area contributed by atoms with E-state index < -0.39 is 0 Å². The lowest BCUT2D eigenvalue weighted by molar-refractivity contribution is 0.0918. The second kappa shape index (κ2) is 7.67. The summed E-state index contributed by atoms with van der Waals surface area (Å²) in [6.07, 6.45) is 2.55. The van der Waals surface area contributed by atoms with E-state index in [-0.39, 0.29) is 18.0 Å². The molecule has 5 nitrogen and oxygen atoms in total. The van der Waals surface area contributed by atoms with Gasteiger partial charge < -0.3 is 15.5 Å². The molecule has 0 bridgehead atoms. The van der Waals surface area contributed by atoms with Crippen molar-refractivity contribution >= 4 is 11.9 Å². The minimum absolute atomic E-state index is 0.00434. The summed E-state index contributed by atoms with van der Waals surface area (Å²) in [6.45, 7) is 4.12. The molecule has 0 atom stereocenters. The Morgan fingerprint density at radius 3 is 2.48 bits per heavy atom. The molecule has 5 heteroatoms. The van der Waals surface area contributed by atoms with E-state index in [1.807, 2.05) is 42.2 Å². The molecule has 1 heterocycles. The molecule has 3 amide bonds. The lowest BCUT2D eigenvalue weighted by Gasteiger charge is -2.32. The molecule has 0 unspecified atom stereocenters. The first kappa shape index (κ1) is 15.4. The normalized spacial score (nSPS) is 15.6. The van der Waals surface area contributed by atoms with Crippen LogP contribution in [0.3, 0.4) is 0 Å². The van der Waals surface area contributed by atoms with E-state index in [9.17, 15) is 9.59 Å². The van der Waals surface area contributed by atoms with Crippen LogP contribution >= 0.6 is 0 Å². The molecule has 0 saturated carbocycles. The van der Waals surface area contributed by atoms with Crippen molar-refractivity contribution in [1.82, 2.24) is 15.5 Å². The van der Waals surface area contributed by atoms with Crippen molar-refractivity contribution in [3.63, 3.8) is 0 Å². The number of likely N-dealkylation sites (tertiary alicyclic amines) is 1. The Kier molecular flexibility index (Phi) is 5.60. The molecule has 0 aliphatic carbocycles. The van der Waals surface area contributed by atoms with Gasteiger partial charge in [-0.05, 0) is 31.4 Å². The number of piperidine rings is 1. The van der Waals surface area contributed by atoms with E-state index in [2.05, 4.69) is 10.6 Å². The molecule has 114 valence electrons. The van der Waals surface area contributed by atoms with Crippen molar-refractivity contribution < 1.29 is 9.59 Å². The number of hydrogen-bond donors (Lipinski definition) is 2. The van der Waals surface area contributed by atoms with Gasteiger partial charge in [0.15, 0.2) is 0 Å². The maximum Gasteiger partial charge on any atom is 0.317 e. The minimum atomic E-state index is -0.0375. The number of amides is 3. The monoisotopic (exact) mass is 289 g/mol. The highest BCUT2D eigenvalue weighted by atomic mass is 16.2. The molecule has 0 radical (unpaired) electrons. The Balaban J connectivity index is 1.77. The zero-order valence-electron chi connectivity index (χ0n) is 12.5. The molecule has 1 aliphatic heterocycles. The van der Waals surface area contributed by atoms with Crippen molar-refractivity contribution in [3.8, 4) is 0 Å². The van der Waals surface area contributed by atoms with Gasteiger partial charge >= 0.3 is 6.03 Å². The third-order valence-electron chi connectivity index (χ3n) is 3.68. The number of nitrogens with zero attached hydrogens (tertiary/aromatic N) is 1. The molecule has 2 rings (SSSR count). The molecule has 2 N–H and O–H groups in total. The van der Waals surface area contributed by atoms with Gasteiger partial charge in [-0.2, -0.15) is 0 Å². The molecule has 0 aromatic heterocycles. The van der Waals surface area contributed by atoms with Crippen LogP contribution in [0.15, 0.2) is 30.3 Å². The van der Waals surface area contributed by atoms with E-state index in [4.69, 9.17) is 0 Å². The molecule has 0 spiro atoms. The molecular formula is C16H23N3O2. The van der Waals surface area contributed by atoms with Crippen LogP contribution in [0.2, 0.25) is 0 Å². The first-order valence-electron chi connectivity index (χ1n) is 7.59. The highest BCUT2D eigenvalue weighted by Crippen LogP contribution is 2.11. The summed E-state index contributed by atoms with van der Waals surface area (Å²) in [6, 6.07) is 9.37. The second-order valence-electron chi connectivity index (χ2n) is 5.33. The van der Waals surface area contributed by atoms with Crippen LogP contribution in [0, 0.1) is 0 Å².